The maximum absolute atomic E-state index is 5.72. The van der Waals surface area contributed by atoms with Gasteiger partial charge in [0.1, 0.15) is 12.4 Å². The molecule has 2 aliphatic rings. The Morgan fingerprint density at radius 1 is 1.38 bits per heavy atom. The van der Waals surface area contributed by atoms with Crippen LogP contribution in [-0.2, 0) is 9.31 Å². The van der Waals surface area contributed by atoms with Crippen LogP contribution in [0.25, 0.3) is 0 Å². The quantitative estimate of drug-likeness (QED) is 0.716. The van der Waals surface area contributed by atoms with Crippen LogP contribution in [0.4, 0.5) is 0 Å². The van der Waals surface area contributed by atoms with Crippen LogP contribution in [0, 0.1) is 0 Å². The summed E-state index contributed by atoms with van der Waals surface area (Å²) in [4.78, 5) is 0. The molecule has 0 radical (unpaired) electrons. The summed E-state index contributed by atoms with van der Waals surface area (Å²) in [7, 11) is -0.299. The highest BCUT2D eigenvalue weighted by molar-refractivity contribution is 6.64. The fourth-order valence-electron chi connectivity index (χ4n) is 2.12. The minimum absolute atomic E-state index is 0. The first kappa shape index (κ1) is 11.7. The zero-order valence-corrected chi connectivity index (χ0v) is 9.53. The van der Waals surface area contributed by atoms with Crippen LogP contribution < -0.4 is 15.9 Å². The van der Waals surface area contributed by atoms with E-state index in [1.165, 1.54) is 0 Å². The van der Waals surface area contributed by atoms with E-state index in [0.717, 1.165) is 16.8 Å². The lowest BCUT2D eigenvalue weighted by Crippen LogP contribution is -2.31. The van der Waals surface area contributed by atoms with E-state index >= 15 is 0 Å². The average Bonchev–Trinajstić information content (AvgIpc) is 2.50. The summed E-state index contributed by atoms with van der Waals surface area (Å²) >= 11 is 0. The van der Waals surface area contributed by atoms with Crippen molar-refractivity contribution in [2.75, 3.05) is 19.8 Å². The summed E-state index contributed by atoms with van der Waals surface area (Å²) in [5.74, 6) is 0.867. The van der Waals surface area contributed by atoms with Gasteiger partial charge in [-0.15, -0.1) is 12.4 Å². The molecular formula is C10H13BClNO3. The number of benzene rings is 1. The molecule has 0 bridgehead atoms. The lowest BCUT2D eigenvalue weighted by atomic mass is 9.78. The molecule has 6 heteroatoms. The summed E-state index contributed by atoms with van der Waals surface area (Å²) in [5.41, 5.74) is 7.77. The highest BCUT2D eigenvalue weighted by Gasteiger charge is 2.40. The van der Waals surface area contributed by atoms with Gasteiger partial charge < -0.3 is 19.8 Å². The summed E-state index contributed by atoms with van der Waals surface area (Å²) in [6, 6.07) is 5.94. The standard InChI is InChI=1S/C10H12BNO3.ClH/c12-6-9-7-2-1-3-8-10(7)11(15-9)14-5-4-13-8;/h1-3,9H,4-6,12H2;1H. The van der Waals surface area contributed by atoms with E-state index in [1.54, 1.807) is 0 Å². The zero-order valence-electron chi connectivity index (χ0n) is 8.72. The Hall–Kier alpha value is -0.745. The van der Waals surface area contributed by atoms with E-state index in [0.29, 0.717) is 19.8 Å². The molecule has 0 aliphatic carbocycles. The maximum atomic E-state index is 5.72. The summed E-state index contributed by atoms with van der Waals surface area (Å²) < 4.78 is 16.9. The fraction of sp³-hybridized carbons (Fsp3) is 0.400. The smallest absolute Gasteiger partial charge is 0.492 e. The van der Waals surface area contributed by atoms with Gasteiger partial charge in [0.2, 0.25) is 0 Å². The second kappa shape index (κ2) is 4.63. The normalized spacial score (nSPS) is 21.8. The van der Waals surface area contributed by atoms with Gasteiger partial charge in [-0.25, -0.2) is 0 Å². The van der Waals surface area contributed by atoms with Gasteiger partial charge in [-0.3, -0.25) is 0 Å². The number of hydrogen-bond acceptors (Lipinski definition) is 4. The van der Waals surface area contributed by atoms with Crippen molar-refractivity contribution in [2.24, 2.45) is 5.73 Å². The number of rotatable bonds is 1. The summed E-state index contributed by atoms with van der Waals surface area (Å²) in [5, 5.41) is 0. The molecule has 1 unspecified atom stereocenters. The van der Waals surface area contributed by atoms with Gasteiger partial charge >= 0.3 is 7.12 Å². The second-order valence-electron chi connectivity index (χ2n) is 3.67. The number of halogens is 1. The molecule has 1 aromatic rings. The molecule has 0 saturated heterocycles. The van der Waals surface area contributed by atoms with Crippen LogP contribution in [-0.4, -0.2) is 26.9 Å². The van der Waals surface area contributed by atoms with Gasteiger partial charge in [0.25, 0.3) is 0 Å². The molecule has 0 spiro atoms. The zero-order chi connectivity index (χ0) is 10.3. The van der Waals surface area contributed by atoms with Gasteiger partial charge in [0, 0.05) is 12.0 Å². The highest BCUT2D eigenvalue weighted by Crippen LogP contribution is 2.29. The Kier molecular flexibility index (Phi) is 3.40. The molecule has 0 amide bonds. The third kappa shape index (κ3) is 1.70. The van der Waals surface area contributed by atoms with Crippen molar-refractivity contribution in [3.05, 3.63) is 23.8 Å². The van der Waals surface area contributed by atoms with Gasteiger partial charge in [0.15, 0.2) is 0 Å². The average molecular weight is 241 g/mol. The third-order valence-electron chi connectivity index (χ3n) is 2.79. The SMILES string of the molecule is Cl.NCC1OB2OCCOc3cccc1c32. The van der Waals surface area contributed by atoms with Gasteiger partial charge in [-0.05, 0) is 11.6 Å². The Bertz CT molecular complexity index is 390. The van der Waals surface area contributed by atoms with Crippen molar-refractivity contribution in [1.29, 1.82) is 0 Å². The van der Waals surface area contributed by atoms with Crippen LogP contribution in [0.2, 0.25) is 0 Å². The summed E-state index contributed by atoms with van der Waals surface area (Å²) in [6.07, 6.45) is -0.0633. The van der Waals surface area contributed by atoms with Crippen molar-refractivity contribution < 1.29 is 14.0 Å². The maximum Gasteiger partial charge on any atom is 0.498 e. The molecule has 2 N–H and O–H groups in total. The molecule has 1 aromatic carbocycles. The van der Waals surface area contributed by atoms with E-state index in [2.05, 4.69) is 0 Å². The van der Waals surface area contributed by atoms with E-state index in [-0.39, 0.29) is 25.6 Å². The molecule has 0 saturated carbocycles. The Labute approximate surface area is 101 Å². The van der Waals surface area contributed by atoms with E-state index < -0.39 is 0 Å². The van der Waals surface area contributed by atoms with Gasteiger partial charge in [-0.1, -0.05) is 12.1 Å². The van der Waals surface area contributed by atoms with Crippen molar-refractivity contribution in [1.82, 2.24) is 0 Å². The first-order valence-corrected chi connectivity index (χ1v) is 5.13. The van der Waals surface area contributed by atoms with Crippen molar-refractivity contribution in [3.63, 3.8) is 0 Å². The van der Waals surface area contributed by atoms with Gasteiger partial charge in [0.05, 0.1) is 12.7 Å². The molecule has 0 fully saturated rings. The number of ether oxygens (including phenoxy) is 1. The van der Waals surface area contributed by atoms with Crippen molar-refractivity contribution >= 4 is 25.0 Å². The Balaban J connectivity index is 0.000000963. The van der Waals surface area contributed by atoms with E-state index in [1.807, 2.05) is 18.2 Å². The van der Waals surface area contributed by atoms with Crippen LogP contribution in [0.1, 0.15) is 11.7 Å². The molecule has 2 heterocycles. The molecule has 16 heavy (non-hydrogen) atoms. The number of hydrogen-bond donors (Lipinski definition) is 1. The molecule has 86 valence electrons. The fourth-order valence-corrected chi connectivity index (χ4v) is 2.12. The summed E-state index contributed by atoms with van der Waals surface area (Å²) in [6.45, 7) is 1.59. The van der Waals surface area contributed by atoms with Crippen LogP contribution >= 0.6 is 12.4 Å². The molecule has 4 nitrogen and oxygen atoms in total. The minimum Gasteiger partial charge on any atom is -0.492 e. The number of nitrogens with two attached hydrogens (primary N) is 1. The highest BCUT2D eigenvalue weighted by atomic mass is 35.5. The predicted octanol–water partition coefficient (Wildman–Crippen LogP) is 0.243. The van der Waals surface area contributed by atoms with Crippen molar-refractivity contribution in [2.45, 2.75) is 6.10 Å². The van der Waals surface area contributed by atoms with Gasteiger partial charge in [-0.2, -0.15) is 0 Å². The lowest BCUT2D eigenvalue weighted by Gasteiger charge is -2.11. The van der Waals surface area contributed by atoms with Crippen LogP contribution in [0.15, 0.2) is 18.2 Å². The molecule has 2 aliphatic heterocycles. The largest absolute Gasteiger partial charge is 0.498 e. The van der Waals surface area contributed by atoms with E-state index in [4.69, 9.17) is 19.8 Å². The molecule has 3 rings (SSSR count). The third-order valence-corrected chi connectivity index (χ3v) is 2.79. The first-order valence-electron chi connectivity index (χ1n) is 5.13. The molecule has 0 aromatic heterocycles. The second-order valence-corrected chi connectivity index (χ2v) is 3.67. The predicted molar refractivity (Wildman–Crippen MR) is 63.4 cm³/mol. The van der Waals surface area contributed by atoms with Crippen LogP contribution in [0.3, 0.4) is 0 Å². The minimum atomic E-state index is -0.299. The van der Waals surface area contributed by atoms with Crippen molar-refractivity contribution in [3.8, 4) is 5.75 Å². The Morgan fingerprint density at radius 3 is 3.06 bits per heavy atom. The van der Waals surface area contributed by atoms with Crippen LogP contribution in [0.5, 0.6) is 5.75 Å². The lowest BCUT2D eigenvalue weighted by molar-refractivity contribution is 0.147. The first-order chi connectivity index (χ1) is 7.40. The molecular weight excluding hydrogens is 228 g/mol. The van der Waals surface area contributed by atoms with E-state index in [9.17, 15) is 0 Å². The monoisotopic (exact) mass is 241 g/mol. The topological polar surface area (TPSA) is 53.7 Å². The Morgan fingerprint density at radius 2 is 2.25 bits per heavy atom. The molecule has 1 atom stereocenters.